The summed E-state index contributed by atoms with van der Waals surface area (Å²) in [5, 5.41) is 10.4. The van der Waals surface area contributed by atoms with Crippen LogP contribution in [0, 0.1) is 10.1 Å². The summed E-state index contributed by atoms with van der Waals surface area (Å²) in [6, 6.07) is 1.27. The van der Waals surface area contributed by atoms with Crippen molar-refractivity contribution in [1.29, 1.82) is 0 Å². The molecule has 13 heavy (non-hydrogen) atoms. The Morgan fingerprint density at radius 1 is 1.77 bits per heavy atom. The van der Waals surface area contributed by atoms with E-state index in [9.17, 15) is 14.9 Å². The molecule has 0 radical (unpaired) electrons. The lowest BCUT2D eigenvalue weighted by atomic mass is 10.4. The summed E-state index contributed by atoms with van der Waals surface area (Å²) in [4.78, 5) is 20.8. The van der Waals surface area contributed by atoms with Crippen LogP contribution in [0.3, 0.4) is 0 Å². The van der Waals surface area contributed by atoms with Gasteiger partial charge in [-0.15, -0.1) is 11.3 Å². The minimum atomic E-state index is -0.692. The van der Waals surface area contributed by atoms with Crippen LogP contribution in [-0.2, 0) is 4.74 Å². The first-order chi connectivity index (χ1) is 6.06. The molecule has 70 valence electrons. The fourth-order valence-corrected chi connectivity index (χ4v) is 2.20. The quantitative estimate of drug-likeness (QED) is 0.467. The molecule has 0 atom stereocenters. The Bertz CT molecular complexity index is 362. The molecule has 1 aromatic rings. The number of nitro groups is 1. The third-order valence-corrected chi connectivity index (χ3v) is 2.86. The number of esters is 1. The van der Waals surface area contributed by atoms with Crippen LogP contribution < -0.4 is 0 Å². The van der Waals surface area contributed by atoms with Crippen molar-refractivity contribution in [2.45, 2.75) is 0 Å². The number of carbonyl (C=O) groups excluding carboxylic acids is 1. The summed E-state index contributed by atoms with van der Waals surface area (Å²) in [6.45, 7) is 0. The molecule has 0 spiro atoms. The van der Waals surface area contributed by atoms with Gasteiger partial charge < -0.3 is 4.74 Å². The molecule has 1 heterocycles. The summed E-state index contributed by atoms with van der Waals surface area (Å²) in [5.41, 5.74) is -0.233. The van der Waals surface area contributed by atoms with E-state index in [0.717, 1.165) is 11.3 Å². The van der Waals surface area contributed by atoms with Crippen LogP contribution in [0.25, 0.3) is 0 Å². The molecule has 5 nitrogen and oxygen atoms in total. The second-order valence-electron chi connectivity index (χ2n) is 2.01. The number of ether oxygens (including phenoxy) is 1. The normalized spacial score (nSPS) is 9.69. The average molecular weight is 266 g/mol. The molecule has 0 aliphatic carbocycles. The summed E-state index contributed by atoms with van der Waals surface area (Å²) in [6.07, 6.45) is 0. The third kappa shape index (κ3) is 2.04. The summed E-state index contributed by atoms with van der Waals surface area (Å²) in [5.74, 6) is -0.692. The Kier molecular flexibility index (Phi) is 2.99. The highest BCUT2D eigenvalue weighted by molar-refractivity contribution is 9.11. The number of hydrogen-bond acceptors (Lipinski definition) is 5. The highest BCUT2D eigenvalue weighted by Crippen LogP contribution is 2.32. The number of halogens is 1. The lowest BCUT2D eigenvalue weighted by Crippen LogP contribution is -2.01. The second-order valence-corrected chi connectivity index (χ2v) is 4.45. The fraction of sp³-hybridized carbons (Fsp3) is 0.167. The van der Waals surface area contributed by atoms with E-state index in [0.29, 0.717) is 3.79 Å². The van der Waals surface area contributed by atoms with E-state index in [2.05, 4.69) is 20.7 Å². The molecule has 0 fully saturated rings. The Morgan fingerprint density at radius 3 is 2.85 bits per heavy atom. The molecular formula is C6H4BrNO4S. The molecule has 0 bridgehead atoms. The van der Waals surface area contributed by atoms with Gasteiger partial charge in [0.15, 0.2) is 4.88 Å². The zero-order chi connectivity index (χ0) is 10.0. The van der Waals surface area contributed by atoms with Crippen molar-refractivity contribution in [3.05, 3.63) is 24.8 Å². The SMILES string of the molecule is COC(=O)c1sc(Br)cc1[N+](=O)[O-]. The predicted octanol–water partition coefficient (Wildman–Crippen LogP) is 2.21. The number of thiophene rings is 1. The highest BCUT2D eigenvalue weighted by Gasteiger charge is 2.24. The lowest BCUT2D eigenvalue weighted by molar-refractivity contribution is -0.384. The van der Waals surface area contributed by atoms with Crippen LogP contribution in [0.15, 0.2) is 9.85 Å². The molecule has 0 aromatic carbocycles. The standard InChI is InChI=1S/C6H4BrNO4S/c1-12-6(9)5-3(8(10)11)2-4(7)13-5/h2H,1H3. The van der Waals surface area contributed by atoms with E-state index in [-0.39, 0.29) is 10.6 Å². The van der Waals surface area contributed by atoms with Gasteiger partial charge in [-0.05, 0) is 15.9 Å². The average Bonchev–Trinajstić information content (AvgIpc) is 2.46. The maximum absolute atomic E-state index is 11.0. The maximum Gasteiger partial charge on any atom is 0.355 e. The minimum Gasteiger partial charge on any atom is -0.465 e. The van der Waals surface area contributed by atoms with Crippen LogP contribution in [-0.4, -0.2) is 18.0 Å². The van der Waals surface area contributed by atoms with E-state index in [1.807, 2.05) is 0 Å². The topological polar surface area (TPSA) is 69.4 Å². The van der Waals surface area contributed by atoms with Gasteiger partial charge in [-0.25, -0.2) is 4.79 Å². The summed E-state index contributed by atoms with van der Waals surface area (Å²) in [7, 11) is 1.18. The highest BCUT2D eigenvalue weighted by atomic mass is 79.9. The van der Waals surface area contributed by atoms with E-state index >= 15 is 0 Å². The molecule has 1 aromatic heterocycles. The Balaban J connectivity index is 3.19. The number of carbonyl (C=O) groups is 1. The Morgan fingerprint density at radius 2 is 2.38 bits per heavy atom. The molecule has 0 saturated carbocycles. The Hall–Kier alpha value is -0.950. The van der Waals surface area contributed by atoms with E-state index in [4.69, 9.17) is 0 Å². The number of hydrogen-bond donors (Lipinski definition) is 0. The van der Waals surface area contributed by atoms with Gasteiger partial charge in [0.05, 0.1) is 15.8 Å². The van der Waals surface area contributed by atoms with Gasteiger partial charge in [0, 0.05) is 6.07 Å². The van der Waals surface area contributed by atoms with Gasteiger partial charge in [-0.1, -0.05) is 0 Å². The molecular weight excluding hydrogens is 262 g/mol. The van der Waals surface area contributed by atoms with E-state index in [1.54, 1.807) is 0 Å². The van der Waals surface area contributed by atoms with Crippen molar-refractivity contribution in [1.82, 2.24) is 0 Å². The second kappa shape index (κ2) is 3.84. The van der Waals surface area contributed by atoms with E-state index < -0.39 is 10.9 Å². The van der Waals surface area contributed by atoms with Crippen LogP contribution in [0.5, 0.6) is 0 Å². The zero-order valence-corrected chi connectivity index (χ0v) is 8.85. The van der Waals surface area contributed by atoms with Crippen LogP contribution in [0.2, 0.25) is 0 Å². The predicted molar refractivity (Wildman–Crippen MR) is 50.0 cm³/mol. The number of methoxy groups -OCH3 is 1. The van der Waals surface area contributed by atoms with Crippen LogP contribution >= 0.6 is 27.3 Å². The first kappa shape index (κ1) is 10.1. The smallest absolute Gasteiger partial charge is 0.355 e. The number of nitrogens with zero attached hydrogens (tertiary/aromatic N) is 1. The van der Waals surface area contributed by atoms with Gasteiger partial charge in [0.1, 0.15) is 0 Å². The van der Waals surface area contributed by atoms with Crippen molar-refractivity contribution in [3.63, 3.8) is 0 Å². The van der Waals surface area contributed by atoms with Crippen LogP contribution in [0.4, 0.5) is 5.69 Å². The molecule has 0 aliphatic heterocycles. The van der Waals surface area contributed by atoms with Gasteiger partial charge >= 0.3 is 5.97 Å². The van der Waals surface area contributed by atoms with Gasteiger partial charge in [-0.3, -0.25) is 10.1 Å². The third-order valence-electron chi connectivity index (χ3n) is 1.25. The lowest BCUT2D eigenvalue weighted by Gasteiger charge is -1.93. The van der Waals surface area contributed by atoms with Crippen molar-refractivity contribution < 1.29 is 14.5 Å². The minimum absolute atomic E-state index is 0.000579. The van der Waals surface area contributed by atoms with Gasteiger partial charge in [0.25, 0.3) is 5.69 Å². The van der Waals surface area contributed by atoms with E-state index in [1.165, 1.54) is 13.2 Å². The fourth-order valence-electron chi connectivity index (χ4n) is 0.727. The largest absolute Gasteiger partial charge is 0.465 e. The Labute approximate surface area is 85.6 Å². The molecule has 7 heteroatoms. The van der Waals surface area contributed by atoms with Gasteiger partial charge in [0.2, 0.25) is 0 Å². The maximum atomic E-state index is 11.0. The first-order valence-corrected chi connectivity index (χ1v) is 4.69. The first-order valence-electron chi connectivity index (χ1n) is 3.08. The van der Waals surface area contributed by atoms with Crippen molar-refractivity contribution in [3.8, 4) is 0 Å². The monoisotopic (exact) mass is 265 g/mol. The molecule has 0 amide bonds. The molecule has 0 unspecified atom stereocenters. The molecule has 0 N–H and O–H groups in total. The summed E-state index contributed by atoms with van der Waals surface area (Å²) >= 11 is 4.03. The summed E-state index contributed by atoms with van der Waals surface area (Å²) < 4.78 is 4.91. The van der Waals surface area contributed by atoms with Crippen molar-refractivity contribution >= 4 is 38.9 Å². The van der Waals surface area contributed by atoms with Gasteiger partial charge in [-0.2, -0.15) is 0 Å². The zero-order valence-electron chi connectivity index (χ0n) is 6.44. The molecule has 1 rings (SSSR count). The number of rotatable bonds is 2. The molecule has 0 aliphatic rings. The van der Waals surface area contributed by atoms with Crippen molar-refractivity contribution in [2.75, 3.05) is 7.11 Å². The molecule has 0 saturated heterocycles. The van der Waals surface area contributed by atoms with Crippen LogP contribution in [0.1, 0.15) is 9.67 Å². The van der Waals surface area contributed by atoms with Crippen molar-refractivity contribution in [2.24, 2.45) is 0 Å².